The fourth-order valence-electron chi connectivity index (χ4n) is 2.52. The van der Waals surface area contributed by atoms with E-state index < -0.39 is 6.43 Å². The average molecular weight is 348 g/mol. The van der Waals surface area contributed by atoms with Gasteiger partial charge in [-0.2, -0.15) is 0 Å². The third-order valence-corrected chi connectivity index (χ3v) is 3.90. The molecule has 0 unspecified atom stereocenters. The number of hydrogen-bond acceptors (Lipinski definition) is 3. The number of ether oxygens (including phenoxy) is 2. The molecule has 0 aliphatic rings. The van der Waals surface area contributed by atoms with Gasteiger partial charge in [-0.3, -0.25) is 4.79 Å². The Labute approximate surface area is 146 Å². The van der Waals surface area contributed by atoms with Gasteiger partial charge in [0.15, 0.2) is 0 Å². The molecule has 0 fully saturated rings. The monoisotopic (exact) mass is 348 g/mol. The zero-order valence-electron chi connectivity index (χ0n) is 14.6. The van der Waals surface area contributed by atoms with E-state index in [1.807, 2.05) is 13.0 Å². The van der Waals surface area contributed by atoms with Crippen LogP contribution in [0, 0.1) is 6.92 Å². The van der Waals surface area contributed by atoms with Gasteiger partial charge in [-0.05, 0) is 37.1 Å². The summed E-state index contributed by atoms with van der Waals surface area (Å²) < 4.78 is 37.5. The lowest BCUT2D eigenvalue weighted by atomic mass is 10.0. The highest BCUT2D eigenvalue weighted by atomic mass is 19.3. The van der Waals surface area contributed by atoms with E-state index in [0.717, 1.165) is 11.1 Å². The van der Waals surface area contributed by atoms with Gasteiger partial charge in [0, 0.05) is 12.0 Å². The molecular formula is C20H22F2O3. The first-order valence-electron chi connectivity index (χ1n) is 8.29. The molecule has 0 N–H and O–H groups in total. The molecular weight excluding hydrogens is 326 g/mol. The summed E-state index contributed by atoms with van der Waals surface area (Å²) in [5, 5.41) is 0. The first-order chi connectivity index (χ1) is 12.0. The van der Waals surface area contributed by atoms with Crippen LogP contribution in [0.3, 0.4) is 0 Å². The zero-order chi connectivity index (χ0) is 18.4. The summed E-state index contributed by atoms with van der Waals surface area (Å²) in [6, 6.07) is 10.1. The van der Waals surface area contributed by atoms with Crippen LogP contribution in [0.15, 0.2) is 36.4 Å². The SMILES string of the molecule is CCC(=O)Oc1cccc(CC)c1COc1ccc(C)cc1C(F)F. The molecule has 0 bridgehead atoms. The molecule has 0 saturated carbocycles. The van der Waals surface area contributed by atoms with Crippen LogP contribution in [0.25, 0.3) is 0 Å². The molecule has 0 aliphatic heterocycles. The van der Waals surface area contributed by atoms with Crippen molar-refractivity contribution in [2.45, 2.75) is 46.6 Å². The number of halogens is 2. The minimum atomic E-state index is -2.62. The lowest BCUT2D eigenvalue weighted by Crippen LogP contribution is -2.10. The third-order valence-electron chi connectivity index (χ3n) is 3.90. The van der Waals surface area contributed by atoms with Crippen molar-refractivity contribution in [3.05, 3.63) is 58.7 Å². The summed E-state index contributed by atoms with van der Waals surface area (Å²) >= 11 is 0. The molecule has 0 radical (unpaired) electrons. The molecule has 2 aromatic carbocycles. The van der Waals surface area contributed by atoms with E-state index in [2.05, 4.69) is 0 Å². The fourth-order valence-corrected chi connectivity index (χ4v) is 2.52. The van der Waals surface area contributed by atoms with Crippen LogP contribution in [0.2, 0.25) is 0 Å². The number of aryl methyl sites for hydroxylation is 2. The number of alkyl halides is 2. The van der Waals surface area contributed by atoms with E-state index in [1.165, 1.54) is 6.07 Å². The van der Waals surface area contributed by atoms with Crippen molar-refractivity contribution in [1.29, 1.82) is 0 Å². The molecule has 3 nitrogen and oxygen atoms in total. The lowest BCUT2D eigenvalue weighted by Gasteiger charge is -2.16. The van der Waals surface area contributed by atoms with Gasteiger partial charge >= 0.3 is 5.97 Å². The van der Waals surface area contributed by atoms with E-state index in [9.17, 15) is 13.6 Å². The average Bonchev–Trinajstić information content (AvgIpc) is 2.60. The summed E-state index contributed by atoms with van der Waals surface area (Å²) in [4.78, 5) is 11.6. The Hall–Kier alpha value is -2.43. The number of carbonyl (C=O) groups excluding carboxylic acids is 1. The van der Waals surface area contributed by atoms with Crippen LogP contribution in [-0.2, 0) is 17.8 Å². The van der Waals surface area contributed by atoms with Crippen molar-refractivity contribution in [1.82, 2.24) is 0 Å². The molecule has 134 valence electrons. The summed E-state index contributed by atoms with van der Waals surface area (Å²) in [5.74, 6) is 0.203. The molecule has 2 aromatic rings. The highest BCUT2D eigenvalue weighted by molar-refractivity contribution is 5.72. The maximum absolute atomic E-state index is 13.2. The fraction of sp³-hybridized carbons (Fsp3) is 0.350. The van der Waals surface area contributed by atoms with E-state index in [4.69, 9.17) is 9.47 Å². The Morgan fingerprint density at radius 2 is 1.88 bits per heavy atom. The highest BCUT2D eigenvalue weighted by Crippen LogP contribution is 2.32. The van der Waals surface area contributed by atoms with Crippen LogP contribution in [0.5, 0.6) is 11.5 Å². The molecule has 0 atom stereocenters. The molecule has 0 amide bonds. The lowest BCUT2D eigenvalue weighted by molar-refractivity contribution is -0.134. The number of carbonyl (C=O) groups is 1. The summed E-state index contributed by atoms with van der Waals surface area (Å²) in [6.07, 6.45) is -1.65. The van der Waals surface area contributed by atoms with Gasteiger partial charge in [-0.1, -0.05) is 37.6 Å². The third kappa shape index (κ3) is 4.78. The summed E-state index contributed by atoms with van der Waals surface area (Å²) in [7, 11) is 0. The van der Waals surface area contributed by atoms with Gasteiger partial charge in [-0.15, -0.1) is 0 Å². The van der Waals surface area contributed by atoms with Crippen molar-refractivity contribution >= 4 is 5.97 Å². The van der Waals surface area contributed by atoms with Crippen molar-refractivity contribution < 1.29 is 23.0 Å². The molecule has 0 aliphatic carbocycles. The topological polar surface area (TPSA) is 35.5 Å². The second-order valence-electron chi connectivity index (χ2n) is 5.71. The number of benzene rings is 2. The maximum atomic E-state index is 13.2. The maximum Gasteiger partial charge on any atom is 0.310 e. The predicted molar refractivity (Wildman–Crippen MR) is 92.2 cm³/mol. The molecule has 2 rings (SSSR count). The molecule has 0 saturated heterocycles. The van der Waals surface area contributed by atoms with Gasteiger partial charge < -0.3 is 9.47 Å². The number of hydrogen-bond donors (Lipinski definition) is 0. The smallest absolute Gasteiger partial charge is 0.310 e. The Morgan fingerprint density at radius 1 is 1.12 bits per heavy atom. The van der Waals surface area contributed by atoms with E-state index in [0.29, 0.717) is 17.7 Å². The van der Waals surface area contributed by atoms with Crippen LogP contribution in [0.1, 0.15) is 48.9 Å². The Morgan fingerprint density at radius 3 is 2.52 bits per heavy atom. The first-order valence-corrected chi connectivity index (χ1v) is 8.29. The van der Waals surface area contributed by atoms with Gasteiger partial charge in [0.05, 0.1) is 5.56 Å². The quantitative estimate of drug-likeness (QED) is 0.497. The molecule has 25 heavy (non-hydrogen) atoms. The summed E-state index contributed by atoms with van der Waals surface area (Å²) in [6.45, 7) is 5.49. The number of rotatable bonds is 7. The molecule has 0 heterocycles. The van der Waals surface area contributed by atoms with E-state index in [1.54, 1.807) is 38.1 Å². The van der Waals surface area contributed by atoms with Gasteiger partial charge in [0.2, 0.25) is 0 Å². The zero-order valence-corrected chi connectivity index (χ0v) is 14.6. The van der Waals surface area contributed by atoms with Gasteiger partial charge in [-0.25, -0.2) is 8.78 Å². The predicted octanol–water partition coefficient (Wildman–Crippen LogP) is 5.39. The normalized spacial score (nSPS) is 10.8. The molecule has 0 aromatic heterocycles. The molecule has 5 heteroatoms. The van der Waals surface area contributed by atoms with Gasteiger partial charge in [0.25, 0.3) is 6.43 Å². The summed E-state index contributed by atoms with van der Waals surface area (Å²) in [5.41, 5.74) is 2.26. The van der Waals surface area contributed by atoms with Crippen molar-refractivity contribution in [2.24, 2.45) is 0 Å². The molecule has 0 spiro atoms. The van der Waals surface area contributed by atoms with Crippen LogP contribution in [-0.4, -0.2) is 5.97 Å². The van der Waals surface area contributed by atoms with E-state index >= 15 is 0 Å². The van der Waals surface area contributed by atoms with Crippen molar-refractivity contribution in [2.75, 3.05) is 0 Å². The van der Waals surface area contributed by atoms with Crippen molar-refractivity contribution in [3.8, 4) is 11.5 Å². The standard InChI is InChI=1S/C20H22F2O3/c1-4-14-7-6-8-18(25-19(23)5-2)16(14)12-24-17-10-9-13(3)11-15(17)20(21)22/h6-11,20H,4-5,12H2,1-3H3. The van der Waals surface area contributed by atoms with Crippen LogP contribution >= 0.6 is 0 Å². The number of esters is 1. The van der Waals surface area contributed by atoms with Gasteiger partial charge in [0.1, 0.15) is 18.1 Å². The second-order valence-corrected chi connectivity index (χ2v) is 5.71. The minimum Gasteiger partial charge on any atom is -0.488 e. The highest BCUT2D eigenvalue weighted by Gasteiger charge is 2.17. The Balaban J connectivity index is 2.30. The van der Waals surface area contributed by atoms with E-state index in [-0.39, 0.29) is 30.3 Å². The first kappa shape index (κ1) is 18.9. The second kappa shape index (κ2) is 8.60. The van der Waals surface area contributed by atoms with Crippen LogP contribution < -0.4 is 9.47 Å². The van der Waals surface area contributed by atoms with Crippen molar-refractivity contribution in [3.63, 3.8) is 0 Å². The Bertz CT molecular complexity index is 742. The Kier molecular flexibility index (Phi) is 6.51. The largest absolute Gasteiger partial charge is 0.488 e. The minimum absolute atomic E-state index is 0.0547. The van der Waals surface area contributed by atoms with Crippen LogP contribution in [0.4, 0.5) is 8.78 Å².